The molecule has 1 aromatic carbocycles. The second kappa shape index (κ2) is 9.18. The standard InChI is InChI=1S/C19H21N3O6P2/c23-17(14-6-4-10-20-12-14)29(25,26)19(22-16-8-2-1-3-9-16)30(27,28)18(24)15-7-5-11-21-13-15/h1-13,17-19,22-24H,(H,25,26)(H,27,28). The quantitative estimate of drug-likeness (QED) is 0.327. The number of para-hydroxylation sites is 1. The number of aliphatic hydroxyl groups is 2. The SMILES string of the molecule is O=P(O)(C(O)c1cccnc1)C(Nc1ccccc1)P(=O)(O)C(O)c1cccnc1. The largest absolute Gasteiger partial charge is 0.378 e. The van der Waals surface area contributed by atoms with E-state index in [0.29, 0.717) is 0 Å². The van der Waals surface area contributed by atoms with Gasteiger partial charge in [-0.3, -0.25) is 19.1 Å². The van der Waals surface area contributed by atoms with Gasteiger partial charge in [-0.25, -0.2) is 0 Å². The van der Waals surface area contributed by atoms with Crippen LogP contribution in [-0.4, -0.2) is 35.5 Å². The van der Waals surface area contributed by atoms with Crippen LogP contribution in [-0.2, 0) is 9.13 Å². The Labute approximate surface area is 173 Å². The molecule has 0 aliphatic rings. The monoisotopic (exact) mass is 449 g/mol. The maximum Gasteiger partial charge on any atom is 0.264 e. The summed E-state index contributed by atoms with van der Waals surface area (Å²) in [6.45, 7) is 0. The molecule has 0 aliphatic heterocycles. The zero-order valence-corrected chi connectivity index (χ0v) is 17.4. The van der Waals surface area contributed by atoms with Crippen molar-refractivity contribution in [2.75, 3.05) is 5.32 Å². The molecule has 0 amide bonds. The topological polar surface area (TPSA) is 153 Å². The van der Waals surface area contributed by atoms with E-state index in [1.165, 1.54) is 61.2 Å². The molecule has 0 radical (unpaired) electrons. The molecule has 0 aliphatic carbocycles. The van der Waals surface area contributed by atoms with Gasteiger partial charge < -0.3 is 25.3 Å². The first-order valence-electron chi connectivity index (χ1n) is 8.86. The maximum atomic E-state index is 13.4. The highest BCUT2D eigenvalue weighted by atomic mass is 31.2. The van der Waals surface area contributed by atoms with Crippen molar-refractivity contribution in [1.29, 1.82) is 0 Å². The lowest BCUT2D eigenvalue weighted by atomic mass is 10.3. The van der Waals surface area contributed by atoms with Crippen LogP contribution < -0.4 is 5.32 Å². The Morgan fingerprint density at radius 2 is 1.20 bits per heavy atom. The molecule has 0 saturated carbocycles. The highest BCUT2D eigenvalue weighted by Gasteiger charge is 2.53. The van der Waals surface area contributed by atoms with E-state index in [1.54, 1.807) is 18.2 Å². The number of nitrogens with zero attached hydrogens (tertiary/aromatic N) is 2. The molecule has 2 heterocycles. The fourth-order valence-electron chi connectivity index (χ4n) is 2.86. The summed E-state index contributed by atoms with van der Waals surface area (Å²) in [6.07, 6.45) is 5.21. The van der Waals surface area contributed by atoms with Crippen LogP contribution in [0.2, 0.25) is 0 Å². The fraction of sp³-hybridized carbons (Fsp3) is 0.158. The summed E-state index contributed by atoms with van der Waals surface area (Å²) in [5.74, 6) is -4.01. The smallest absolute Gasteiger partial charge is 0.264 e. The Hall–Kier alpha value is -2.38. The van der Waals surface area contributed by atoms with Gasteiger partial charge in [-0.15, -0.1) is 0 Å². The van der Waals surface area contributed by atoms with Gasteiger partial charge in [0, 0.05) is 41.6 Å². The predicted octanol–water partition coefficient (Wildman–Crippen LogP) is 3.10. The zero-order chi connectivity index (χ0) is 21.8. The molecule has 9 nitrogen and oxygen atoms in total. The van der Waals surface area contributed by atoms with E-state index < -0.39 is 32.0 Å². The van der Waals surface area contributed by atoms with Gasteiger partial charge in [0.2, 0.25) is 0 Å². The Balaban J connectivity index is 2.05. The van der Waals surface area contributed by atoms with E-state index in [0.717, 1.165) is 0 Å². The Kier molecular flexibility index (Phi) is 6.83. The molecule has 3 rings (SSSR count). The van der Waals surface area contributed by atoms with Crippen molar-refractivity contribution in [3.63, 3.8) is 0 Å². The van der Waals surface area contributed by atoms with Crippen LogP contribution in [0.25, 0.3) is 0 Å². The first kappa shape index (κ1) is 22.3. The predicted molar refractivity (Wildman–Crippen MR) is 112 cm³/mol. The van der Waals surface area contributed by atoms with Crippen LogP contribution >= 0.6 is 14.7 Å². The fourth-order valence-corrected chi connectivity index (χ4v) is 7.87. The second-order valence-corrected chi connectivity index (χ2v) is 11.7. The normalized spacial score (nSPS) is 18.4. The Morgan fingerprint density at radius 3 is 1.60 bits per heavy atom. The maximum absolute atomic E-state index is 13.4. The van der Waals surface area contributed by atoms with E-state index in [9.17, 15) is 29.1 Å². The van der Waals surface area contributed by atoms with Crippen LogP contribution in [0, 0.1) is 0 Å². The first-order chi connectivity index (χ1) is 14.2. The number of aromatic nitrogens is 2. The van der Waals surface area contributed by atoms with Crippen LogP contribution in [0.15, 0.2) is 79.4 Å². The minimum atomic E-state index is -4.87. The van der Waals surface area contributed by atoms with E-state index in [4.69, 9.17) is 0 Å². The van der Waals surface area contributed by atoms with Crippen molar-refractivity contribution in [3.8, 4) is 0 Å². The molecule has 2 aromatic heterocycles. The molecule has 11 heteroatoms. The second-order valence-electron chi connectivity index (χ2n) is 6.55. The number of nitrogens with one attached hydrogen (secondary N) is 1. The lowest BCUT2D eigenvalue weighted by molar-refractivity contribution is 0.224. The van der Waals surface area contributed by atoms with Crippen LogP contribution in [0.5, 0.6) is 0 Å². The molecule has 5 N–H and O–H groups in total. The third-order valence-electron chi connectivity index (χ3n) is 4.44. The summed E-state index contributed by atoms with van der Waals surface area (Å²) in [6, 6.07) is 13.7. The highest BCUT2D eigenvalue weighted by Crippen LogP contribution is 2.73. The molecular formula is C19H21N3O6P2. The molecule has 0 saturated heterocycles. The van der Waals surface area contributed by atoms with E-state index in [1.807, 2.05) is 0 Å². The highest BCUT2D eigenvalue weighted by molar-refractivity contribution is 7.76. The van der Waals surface area contributed by atoms with Gasteiger partial charge in [-0.2, -0.15) is 0 Å². The summed E-state index contributed by atoms with van der Waals surface area (Å²) < 4.78 is 26.7. The van der Waals surface area contributed by atoms with Crippen molar-refractivity contribution in [2.45, 2.75) is 17.2 Å². The first-order valence-corrected chi connectivity index (χ1v) is 12.5. The van der Waals surface area contributed by atoms with Crippen molar-refractivity contribution in [2.24, 2.45) is 0 Å². The number of hydrogen-bond donors (Lipinski definition) is 5. The van der Waals surface area contributed by atoms with E-state index >= 15 is 0 Å². The van der Waals surface area contributed by atoms with Gasteiger partial charge in [-0.1, -0.05) is 30.3 Å². The van der Waals surface area contributed by atoms with Crippen molar-refractivity contribution in [1.82, 2.24) is 9.97 Å². The molecule has 0 spiro atoms. The van der Waals surface area contributed by atoms with E-state index in [-0.39, 0.29) is 16.8 Å². The summed E-state index contributed by atoms with van der Waals surface area (Å²) in [7, 11) is -9.73. The minimum Gasteiger partial charge on any atom is -0.378 e. The molecule has 4 atom stereocenters. The third-order valence-corrected chi connectivity index (χ3v) is 10.1. The summed E-state index contributed by atoms with van der Waals surface area (Å²) in [5.41, 5.74) is -1.81. The zero-order valence-electron chi connectivity index (χ0n) is 15.6. The average molecular weight is 449 g/mol. The number of pyridine rings is 2. The van der Waals surface area contributed by atoms with Crippen molar-refractivity contribution < 1.29 is 29.1 Å². The molecule has 0 fully saturated rings. The number of rotatable bonds is 8. The van der Waals surface area contributed by atoms with E-state index in [2.05, 4.69) is 15.3 Å². The van der Waals surface area contributed by atoms with Gasteiger partial charge in [0.15, 0.2) is 17.2 Å². The Bertz CT molecular complexity index is 990. The van der Waals surface area contributed by atoms with Gasteiger partial charge >= 0.3 is 0 Å². The third kappa shape index (κ3) is 4.68. The van der Waals surface area contributed by atoms with Crippen molar-refractivity contribution >= 4 is 20.4 Å². The number of anilines is 1. The molecule has 3 aromatic rings. The van der Waals surface area contributed by atoms with Gasteiger partial charge in [0.1, 0.15) is 0 Å². The number of hydrogen-bond acceptors (Lipinski definition) is 7. The Morgan fingerprint density at radius 1 is 0.733 bits per heavy atom. The summed E-state index contributed by atoms with van der Waals surface area (Å²) >= 11 is 0. The number of benzene rings is 1. The average Bonchev–Trinajstić information content (AvgIpc) is 2.78. The number of aliphatic hydroxyl groups excluding tert-OH is 2. The molecule has 4 unspecified atom stereocenters. The van der Waals surface area contributed by atoms with Crippen LogP contribution in [0.1, 0.15) is 22.8 Å². The van der Waals surface area contributed by atoms with Crippen LogP contribution in [0.4, 0.5) is 5.69 Å². The molecule has 0 bridgehead atoms. The minimum absolute atomic E-state index is 0.000868. The molecular weight excluding hydrogens is 428 g/mol. The summed E-state index contributed by atoms with van der Waals surface area (Å²) in [4.78, 5) is 29.3. The molecule has 158 valence electrons. The lowest BCUT2D eigenvalue weighted by Gasteiger charge is -2.33. The summed E-state index contributed by atoms with van der Waals surface area (Å²) in [5, 5.41) is 23.8. The van der Waals surface area contributed by atoms with Gasteiger partial charge in [-0.05, 0) is 24.3 Å². The lowest BCUT2D eigenvalue weighted by Crippen LogP contribution is -2.25. The van der Waals surface area contributed by atoms with Crippen molar-refractivity contribution in [3.05, 3.63) is 90.5 Å². The van der Waals surface area contributed by atoms with Crippen LogP contribution in [0.3, 0.4) is 0 Å². The molecule has 30 heavy (non-hydrogen) atoms. The van der Waals surface area contributed by atoms with Gasteiger partial charge in [0.05, 0.1) is 0 Å². The van der Waals surface area contributed by atoms with Gasteiger partial charge in [0.25, 0.3) is 14.7 Å².